The van der Waals surface area contributed by atoms with Gasteiger partial charge in [0.2, 0.25) is 0 Å². The number of hydrogen-bond acceptors (Lipinski definition) is 5. The highest BCUT2D eigenvalue weighted by molar-refractivity contribution is 9.10. The maximum Gasteiger partial charge on any atom is 0.162 e. The fraction of sp³-hybridized carbons (Fsp3) is 0.273. The lowest BCUT2D eigenvalue weighted by Crippen LogP contribution is -2.42. The minimum absolute atomic E-state index is 0.0997. The van der Waals surface area contributed by atoms with E-state index in [-0.39, 0.29) is 11.2 Å². The van der Waals surface area contributed by atoms with Gasteiger partial charge in [-0.3, -0.25) is 9.69 Å². The Morgan fingerprint density at radius 2 is 2.11 bits per heavy atom. The van der Waals surface area contributed by atoms with E-state index in [1.807, 2.05) is 46.0 Å². The third kappa shape index (κ3) is 3.09. The van der Waals surface area contributed by atoms with Gasteiger partial charge in [0, 0.05) is 27.9 Å². The maximum atomic E-state index is 13.3. The van der Waals surface area contributed by atoms with Crippen LogP contribution in [0.15, 0.2) is 68.2 Å². The lowest BCUT2D eigenvalue weighted by Gasteiger charge is -2.43. The fourth-order valence-electron chi connectivity index (χ4n) is 4.19. The molecule has 1 aromatic heterocycles. The minimum Gasteiger partial charge on any atom is -0.384 e. The summed E-state index contributed by atoms with van der Waals surface area (Å²) in [5, 5.41) is 13.9. The monoisotopic (exact) mass is 453 g/mol. The zero-order valence-corrected chi connectivity index (χ0v) is 18.1. The smallest absolute Gasteiger partial charge is 0.162 e. The Morgan fingerprint density at radius 1 is 1.32 bits per heavy atom. The summed E-state index contributed by atoms with van der Waals surface area (Å²) in [6, 6.07) is 12.1. The van der Waals surface area contributed by atoms with E-state index in [4.69, 9.17) is 5.73 Å². The van der Waals surface area contributed by atoms with Gasteiger partial charge in [-0.25, -0.2) is 0 Å². The minimum atomic E-state index is -0.391. The molecular formula is C22H20BrN3OS. The second kappa shape index (κ2) is 6.91. The molecule has 0 amide bonds. The molecule has 1 aliphatic heterocycles. The molecule has 1 aromatic carbocycles. The summed E-state index contributed by atoms with van der Waals surface area (Å²) >= 11 is 5.08. The Bertz CT molecular complexity index is 1060. The summed E-state index contributed by atoms with van der Waals surface area (Å²) < 4.78 is 0.916. The highest BCUT2D eigenvalue weighted by Crippen LogP contribution is 2.50. The third-order valence-corrected chi connectivity index (χ3v) is 6.52. The first kappa shape index (κ1) is 19.0. The molecular weight excluding hydrogens is 434 g/mol. The maximum absolute atomic E-state index is 13.3. The Morgan fingerprint density at radius 3 is 2.75 bits per heavy atom. The van der Waals surface area contributed by atoms with Crippen molar-refractivity contribution in [1.29, 1.82) is 5.26 Å². The molecule has 1 atom stereocenters. The Hall–Kier alpha value is -2.36. The van der Waals surface area contributed by atoms with Gasteiger partial charge in [0.1, 0.15) is 5.82 Å². The van der Waals surface area contributed by atoms with Crippen LogP contribution >= 0.6 is 27.3 Å². The molecule has 2 aliphatic rings. The van der Waals surface area contributed by atoms with E-state index in [9.17, 15) is 10.1 Å². The van der Waals surface area contributed by atoms with Crippen LogP contribution in [-0.2, 0) is 4.79 Å². The zero-order valence-electron chi connectivity index (χ0n) is 15.7. The largest absolute Gasteiger partial charge is 0.384 e. The Balaban J connectivity index is 2.00. The summed E-state index contributed by atoms with van der Waals surface area (Å²) in [7, 11) is 0. The number of carbonyl (C=O) groups is 1. The van der Waals surface area contributed by atoms with Gasteiger partial charge in [0.25, 0.3) is 0 Å². The summed E-state index contributed by atoms with van der Waals surface area (Å²) in [5.41, 5.74) is 10.3. The molecule has 142 valence electrons. The highest BCUT2D eigenvalue weighted by atomic mass is 79.9. The van der Waals surface area contributed by atoms with E-state index < -0.39 is 5.92 Å². The van der Waals surface area contributed by atoms with E-state index >= 15 is 0 Å². The molecule has 0 saturated carbocycles. The number of benzene rings is 1. The normalized spacial score (nSPS) is 21.6. The highest BCUT2D eigenvalue weighted by Gasteiger charge is 2.44. The van der Waals surface area contributed by atoms with Crippen molar-refractivity contribution in [2.24, 2.45) is 11.1 Å². The molecule has 0 fully saturated rings. The van der Waals surface area contributed by atoms with Gasteiger partial charge in [-0.15, -0.1) is 0 Å². The van der Waals surface area contributed by atoms with Crippen molar-refractivity contribution in [3.63, 3.8) is 0 Å². The van der Waals surface area contributed by atoms with Crippen LogP contribution in [-0.4, -0.2) is 5.78 Å². The molecule has 4 rings (SSSR count). The van der Waals surface area contributed by atoms with Crippen molar-refractivity contribution in [3.05, 3.63) is 73.8 Å². The van der Waals surface area contributed by atoms with Crippen molar-refractivity contribution < 1.29 is 4.79 Å². The summed E-state index contributed by atoms with van der Waals surface area (Å²) in [4.78, 5) is 15.2. The van der Waals surface area contributed by atoms with E-state index in [1.54, 1.807) is 11.3 Å². The molecule has 0 bridgehead atoms. The van der Waals surface area contributed by atoms with E-state index in [0.29, 0.717) is 23.4 Å². The van der Waals surface area contributed by atoms with Crippen molar-refractivity contribution in [1.82, 2.24) is 0 Å². The van der Waals surface area contributed by atoms with Crippen LogP contribution in [0.25, 0.3) is 0 Å². The molecule has 4 nitrogen and oxygen atoms in total. The molecule has 0 saturated heterocycles. The molecule has 6 heteroatoms. The predicted octanol–water partition coefficient (Wildman–Crippen LogP) is 5.45. The number of hydrogen-bond donors (Lipinski definition) is 1. The number of nitriles is 1. The fourth-order valence-corrected chi connectivity index (χ4v) is 5.26. The van der Waals surface area contributed by atoms with E-state index in [0.717, 1.165) is 27.8 Å². The van der Waals surface area contributed by atoms with E-state index in [2.05, 4.69) is 35.8 Å². The molecule has 0 spiro atoms. The Labute approximate surface area is 177 Å². The number of nitrogens with two attached hydrogens (primary N) is 1. The molecule has 0 radical (unpaired) electrons. The number of carbonyl (C=O) groups excluding carboxylic acids is 1. The quantitative estimate of drug-likeness (QED) is 0.655. The summed E-state index contributed by atoms with van der Waals surface area (Å²) in [5.74, 6) is 0.113. The number of thiophene rings is 1. The number of rotatable bonds is 2. The first-order valence-electron chi connectivity index (χ1n) is 9.06. The SMILES string of the molecule is CC1(C)CC(=O)C2=C(C1)N(c1cccc(Br)c1)C(N)=C(C#N)[C@@H]2c1ccsc1. The van der Waals surface area contributed by atoms with Crippen LogP contribution in [0.2, 0.25) is 0 Å². The second-order valence-corrected chi connectivity index (χ2v) is 9.71. The molecule has 1 aliphatic carbocycles. The summed E-state index contributed by atoms with van der Waals surface area (Å²) in [6.45, 7) is 4.21. The number of nitrogens with zero attached hydrogens (tertiary/aromatic N) is 2. The average Bonchev–Trinajstić information content (AvgIpc) is 3.14. The average molecular weight is 454 g/mol. The first-order chi connectivity index (χ1) is 13.3. The molecule has 28 heavy (non-hydrogen) atoms. The van der Waals surface area contributed by atoms with Crippen LogP contribution in [0, 0.1) is 16.7 Å². The lowest BCUT2D eigenvalue weighted by atomic mass is 9.69. The van der Waals surface area contributed by atoms with Gasteiger partial charge in [0.15, 0.2) is 5.78 Å². The van der Waals surface area contributed by atoms with Crippen molar-refractivity contribution in [2.75, 3.05) is 4.90 Å². The van der Waals surface area contributed by atoms with Crippen LogP contribution in [0.4, 0.5) is 5.69 Å². The number of allylic oxidation sites excluding steroid dienone is 3. The predicted molar refractivity (Wildman–Crippen MR) is 116 cm³/mol. The van der Waals surface area contributed by atoms with Gasteiger partial charge in [-0.1, -0.05) is 35.8 Å². The molecule has 0 unspecified atom stereocenters. The van der Waals surface area contributed by atoms with Gasteiger partial charge < -0.3 is 5.73 Å². The topological polar surface area (TPSA) is 70.1 Å². The van der Waals surface area contributed by atoms with Crippen LogP contribution in [0.1, 0.15) is 38.2 Å². The van der Waals surface area contributed by atoms with Gasteiger partial charge in [-0.2, -0.15) is 16.6 Å². The molecule has 2 aromatic rings. The standard InChI is InChI=1S/C22H20BrN3OS/c1-22(2)9-17-20(18(27)10-22)19(13-6-7-28-12-13)16(11-24)21(25)26(17)15-5-3-4-14(23)8-15/h3-8,12,19H,9-10,25H2,1-2H3/t19-/m0/s1. The molecule has 2 N–H and O–H groups in total. The van der Waals surface area contributed by atoms with Gasteiger partial charge in [-0.05, 0) is 52.4 Å². The number of halogens is 1. The van der Waals surface area contributed by atoms with Crippen LogP contribution < -0.4 is 10.6 Å². The Kier molecular flexibility index (Phi) is 4.68. The number of ketones is 1. The van der Waals surface area contributed by atoms with E-state index in [1.165, 1.54) is 0 Å². The van der Waals surface area contributed by atoms with Crippen LogP contribution in [0.3, 0.4) is 0 Å². The lowest BCUT2D eigenvalue weighted by molar-refractivity contribution is -0.118. The number of anilines is 1. The van der Waals surface area contributed by atoms with Gasteiger partial charge >= 0.3 is 0 Å². The van der Waals surface area contributed by atoms with Crippen LogP contribution in [0.5, 0.6) is 0 Å². The van der Waals surface area contributed by atoms with Gasteiger partial charge in [0.05, 0.1) is 17.6 Å². The first-order valence-corrected chi connectivity index (χ1v) is 10.8. The third-order valence-electron chi connectivity index (χ3n) is 5.32. The number of Topliss-reactive ketones (excluding diaryl/α,β-unsaturated/α-hetero) is 1. The summed E-state index contributed by atoms with van der Waals surface area (Å²) in [6.07, 6.45) is 1.19. The van der Waals surface area contributed by atoms with Crippen molar-refractivity contribution in [3.8, 4) is 6.07 Å². The second-order valence-electron chi connectivity index (χ2n) is 8.02. The zero-order chi connectivity index (χ0) is 20.1. The van der Waals surface area contributed by atoms with Crippen molar-refractivity contribution in [2.45, 2.75) is 32.6 Å². The van der Waals surface area contributed by atoms with Crippen molar-refractivity contribution >= 4 is 38.7 Å². The molecule has 2 heterocycles.